The molecule has 4 aromatic rings. The molecule has 0 fully saturated rings. The summed E-state index contributed by atoms with van der Waals surface area (Å²) in [5, 5.41) is 13.4. The van der Waals surface area contributed by atoms with Crippen molar-refractivity contribution in [2.75, 3.05) is 12.3 Å². The Hall–Kier alpha value is -2.87. The van der Waals surface area contributed by atoms with Gasteiger partial charge in [0.1, 0.15) is 0 Å². The Morgan fingerprint density at radius 3 is 2.62 bits per heavy atom. The summed E-state index contributed by atoms with van der Waals surface area (Å²) in [4.78, 5) is 16.6. The van der Waals surface area contributed by atoms with Crippen LogP contribution in [0.1, 0.15) is 5.56 Å². The van der Waals surface area contributed by atoms with E-state index in [-0.39, 0.29) is 11.7 Å². The molecule has 32 heavy (non-hydrogen) atoms. The maximum atomic E-state index is 12.4. The number of nitrogens with one attached hydrogen (secondary N) is 1. The highest BCUT2D eigenvalue weighted by molar-refractivity contribution is 7.99. The molecule has 0 spiro atoms. The van der Waals surface area contributed by atoms with Gasteiger partial charge in [0.2, 0.25) is 5.91 Å². The number of halogens is 2. The number of benzene rings is 2. The van der Waals surface area contributed by atoms with E-state index in [1.165, 1.54) is 11.8 Å². The Balaban J connectivity index is 1.43. The number of carbonyl (C=O) groups is 1. The Kier molecular flexibility index (Phi) is 7.42. The van der Waals surface area contributed by atoms with Gasteiger partial charge in [-0.1, -0.05) is 59.2 Å². The van der Waals surface area contributed by atoms with E-state index in [0.29, 0.717) is 34.0 Å². The Bertz CT molecular complexity index is 1200. The van der Waals surface area contributed by atoms with E-state index in [2.05, 4.69) is 20.5 Å². The van der Waals surface area contributed by atoms with Gasteiger partial charge >= 0.3 is 0 Å². The predicted octanol–water partition coefficient (Wildman–Crippen LogP) is 5.09. The van der Waals surface area contributed by atoms with Crippen molar-refractivity contribution in [3.05, 3.63) is 88.7 Å². The molecule has 2 aromatic carbocycles. The predicted molar refractivity (Wildman–Crippen MR) is 128 cm³/mol. The molecule has 9 heteroatoms. The van der Waals surface area contributed by atoms with Crippen LogP contribution in [0.5, 0.6) is 0 Å². The van der Waals surface area contributed by atoms with Crippen molar-refractivity contribution >= 4 is 40.9 Å². The summed E-state index contributed by atoms with van der Waals surface area (Å²) in [6.45, 7) is 0.479. The first-order chi connectivity index (χ1) is 15.6. The normalized spacial score (nSPS) is 10.8. The maximum Gasteiger partial charge on any atom is 0.230 e. The van der Waals surface area contributed by atoms with Crippen molar-refractivity contribution in [3.63, 3.8) is 0 Å². The van der Waals surface area contributed by atoms with Crippen LogP contribution in [-0.2, 0) is 11.2 Å². The molecule has 0 saturated heterocycles. The van der Waals surface area contributed by atoms with E-state index >= 15 is 0 Å². The highest BCUT2D eigenvalue weighted by Crippen LogP contribution is 2.27. The van der Waals surface area contributed by atoms with Crippen molar-refractivity contribution in [2.45, 2.75) is 11.6 Å². The van der Waals surface area contributed by atoms with E-state index in [1.54, 1.807) is 24.5 Å². The van der Waals surface area contributed by atoms with Crippen LogP contribution in [0.25, 0.3) is 17.1 Å². The average Bonchev–Trinajstić information content (AvgIpc) is 3.24. The summed E-state index contributed by atoms with van der Waals surface area (Å²) >= 11 is 13.4. The third-order valence-electron chi connectivity index (χ3n) is 4.63. The van der Waals surface area contributed by atoms with Crippen molar-refractivity contribution in [1.29, 1.82) is 0 Å². The summed E-state index contributed by atoms with van der Waals surface area (Å²) in [6, 6.07) is 18.9. The van der Waals surface area contributed by atoms with Crippen LogP contribution >= 0.6 is 35.0 Å². The molecule has 0 aliphatic heterocycles. The highest BCUT2D eigenvalue weighted by atomic mass is 35.5. The topological polar surface area (TPSA) is 72.7 Å². The average molecular weight is 484 g/mol. The quantitative estimate of drug-likeness (QED) is 0.353. The molecule has 0 atom stereocenters. The summed E-state index contributed by atoms with van der Waals surface area (Å²) in [5.74, 6) is 0.794. The molecule has 1 N–H and O–H groups in total. The number of hydrogen-bond acceptors (Lipinski definition) is 5. The number of rotatable bonds is 8. The first-order valence-electron chi connectivity index (χ1n) is 9.86. The minimum Gasteiger partial charge on any atom is -0.355 e. The molecular formula is C23H19Cl2N5OS. The second-order valence-corrected chi connectivity index (χ2v) is 8.63. The summed E-state index contributed by atoms with van der Waals surface area (Å²) < 4.78 is 1.93. The highest BCUT2D eigenvalue weighted by Gasteiger charge is 2.17. The Morgan fingerprint density at radius 2 is 1.88 bits per heavy atom. The van der Waals surface area contributed by atoms with Gasteiger partial charge in [0.15, 0.2) is 11.0 Å². The van der Waals surface area contributed by atoms with Crippen LogP contribution < -0.4 is 5.32 Å². The number of amides is 1. The SMILES string of the molecule is O=C(CSc1nnc(-c2cccnc2)n1-c1ccccc1)NCCc1ccc(Cl)cc1Cl. The standard InChI is InChI=1S/C23H19Cl2N5OS/c24-18-9-8-16(20(25)13-18)10-12-27-21(31)15-32-23-29-28-22(17-5-4-11-26-14-17)30(23)19-6-2-1-3-7-19/h1-9,11,13-14H,10,12,15H2,(H,27,31). The molecule has 0 aliphatic rings. The van der Waals surface area contributed by atoms with Crippen molar-refractivity contribution in [2.24, 2.45) is 0 Å². The molecule has 6 nitrogen and oxygen atoms in total. The maximum absolute atomic E-state index is 12.4. The van der Waals surface area contributed by atoms with Gasteiger partial charge in [-0.3, -0.25) is 14.3 Å². The van der Waals surface area contributed by atoms with Crippen LogP contribution in [0.15, 0.2) is 78.2 Å². The molecule has 0 saturated carbocycles. The minimum atomic E-state index is -0.0920. The number of aromatic nitrogens is 4. The molecule has 162 valence electrons. The summed E-state index contributed by atoms with van der Waals surface area (Å²) in [7, 11) is 0. The van der Waals surface area contributed by atoms with Gasteiger partial charge in [-0.2, -0.15) is 0 Å². The van der Waals surface area contributed by atoms with Crippen LogP contribution in [0, 0.1) is 0 Å². The second-order valence-electron chi connectivity index (χ2n) is 6.84. The van der Waals surface area contributed by atoms with Gasteiger partial charge in [0, 0.05) is 40.2 Å². The number of hydrogen-bond donors (Lipinski definition) is 1. The number of nitrogens with zero attached hydrogens (tertiary/aromatic N) is 4. The smallest absolute Gasteiger partial charge is 0.230 e. The zero-order chi connectivity index (χ0) is 22.3. The van der Waals surface area contributed by atoms with Crippen LogP contribution in [0.3, 0.4) is 0 Å². The van der Waals surface area contributed by atoms with Crippen LogP contribution in [0.2, 0.25) is 10.0 Å². The van der Waals surface area contributed by atoms with E-state index in [0.717, 1.165) is 16.8 Å². The lowest BCUT2D eigenvalue weighted by Crippen LogP contribution is -2.27. The number of para-hydroxylation sites is 1. The number of pyridine rings is 1. The van der Waals surface area contributed by atoms with E-state index in [4.69, 9.17) is 23.2 Å². The number of thioether (sulfide) groups is 1. The van der Waals surface area contributed by atoms with Gasteiger partial charge in [-0.05, 0) is 48.4 Å². The number of carbonyl (C=O) groups excluding carboxylic acids is 1. The van der Waals surface area contributed by atoms with Gasteiger partial charge in [-0.15, -0.1) is 10.2 Å². The largest absolute Gasteiger partial charge is 0.355 e. The zero-order valence-corrected chi connectivity index (χ0v) is 19.2. The lowest BCUT2D eigenvalue weighted by molar-refractivity contribution is -0.118. The third-order valence-corrected chi connectivity index (χ3v) is 6.15. The van der Waals surface area contributed by atoms with Gasteiger partial charge in [-0.25, -0.2) is 0 Å². The van der Waals surface area contributed by atoms with Crippen molar-refractivity contribution in [1.82, 2.24) is 25.1 Å². The Labute approximate surface area is 200 Å². The van der Waals surface area contributed by atoms with E-state index < -0.39 is 0 Å². The van der Waals surface area contributed by atoms with Gasteiger partial charge in [0.05, 0.1) is 5.75 Å². The molecule has 0 bridgehead atoms. The summed E-state index contributed by atoms with van der Waals surface area (Å²) in [5.41, 5.74) is 2.70. The molecule has 1 amide bonds. The van der Waals surface area contributed by atoms with Gasteiger partial charge < -0.3 is 5.32 Å². The fourth-order valence-electron chi connectivity index (χ4n) is 3.10. The zero-order valence-electron chi connectivity index (χ0n) is 16.9. The van der Waals surface area contributed by atoms with Gasteiger partial charge in [0.25, 0.3) is 0 Å². The van der Waals surface area contributed by atoms with Crippen LogP contribution in [0.4, 0.5) is 0 Å². The van der Waals surface area contributed by atoms with Crippen molar-refractivity contribution < 1.29 is 4.79 Å². The fraction of sp³-hybridized carbons (Fsp3) is 0.130. The van der Waals surface area contributed by atoms with E-state index in [1.807, 2.05) is 53.1 Å². The molecular weight excluding hydrogens is 465 g/mol. The summed E-state index contributed by atoms with van der Waals surface area (Å²) in [6.07, 6.45) is 4.08. The fourth-order valence-corrected chi connectivity index (χ4v) is 4.38. The molecule has 0 aliphatic carbocycles. The second kappa shape index (κ2) is 10.6. The first kappa shape index (κ1) is 22.3. The molecule has 0 unspecified atom stereocenters. The Morgan fingerprint density at radius 1 is 1.03 bits per heavy atom. The monoisotopic (exact) mass is 483 g/mol. The minimum absolute atomic E-state index is 0.0920. The van der Waals surface area contributed by atoms with Crippen molar-refractivity contribution in [3.8, 4) is 17.1 Å². The first-order valence-corrected chi connectivity index (χ1v) is 11.6. The lowest BCUT2D eigenvalue weighted by Gasteiger charge is -2.10. The molecule has 0 radical (unpaired) electrons. The van der Waals surface area contributed by atoms with Crippen LogP contribution in [-0.4, -0.2) is 38.0 Å². The molecule has 2 aromatic heterocycles. The molecule has 2 heterocycles. The third kappa shape index (κ3) is 5.48. The van der Waals surface area contributed by atoms with E-state index in [9.17, 15) is 4.79 Å². The lowest BCUT2D eigenvalue weighted by atomic mass is 10.1. The molecule has 4 rings (SSSR count).